The van der Waals surface area contributed by atoms with Crippen LogP contribution in [0.25, 0.3) is 0 Å². The molecule has 1 aromatic rings. The van der Waals surface area contributed by atoms with Crippen LogP contribution < -0.4 is 10.2 Å². The third-order valence-electron chi connectivity index (χ3n) is 2.72. The summed E-state index contributed by atoms with van der Waals surface area (Å²) >= 11 is 0. The highest BCUT2D eigenvalue weighted by molar-refractivity contribution is 5.42. The van der Waals surface area contributed by atoms with E-state index in [9.17, 15) is 0 Å². The van der Waals surface area contributed by atoms with Crippen LogP contribution >= 0.6 is 0 Å². The molecule has 90 valence electrons. The van der Waals surface area contributed by atoms with Gasteiger partial charge in [0.05, 0.1) is 0 Å². The molecule has 1 N–H and O–H groups in total. The van der Waals surface area contributed by atoms with E-state index in [1.54, 1.807) is 0 Å². The first-order chi connectivity index (χ1) is 7.71. The molecule has 0 saturated heterocycles. The number of nitrogens with one attached hydrogen (secondary N) is 1. The van der Waals surface area contributed by atoms with Crippen molar-refractivity contribution in [1.82, 2.24) is 9.97 Å². The summed E-state index contributed by atoms with van der Waals surface area (Å²) in [5, 5.41) is 3.29. The lowest BCUT2D eigenvalue weighted by atomic mass is 10.3. The molecule has 0 fully saturated rings. The van der Waals surface area contributed by atoms with Crippen molar-refractivity contribution in [2.45, 2.75) is 40.2 Å². The second-order valence-corrected chi connectivity index (χ2v) is 3.86. The quantitative estimate of drug-likeness (QED) is 0.803. The number of anilines is 2. The fraction of sp³-hybridized carbons (Fsp3) is 0.667. The zero-order chi connectivity index (χ0) is 12.0. The minimum atomic E-state index is 0.409. The Morgan fingerprint density at radius 3 is 2.56 bits per heavy atom. The average Bonchev–Trinajstić information content (AvgIpc) is 2.31. The maximum atomic E-state index is 4.51. The summed E-state index contributed by atoms with van der Waals surface area (Å²) in [5.41, 5.74) is 0. The van der Waals surface area contributed by atoms with Crippen LogP contribution in [0, 0.1) is 0 Å². The van der Waals surface area contributed by atoms with Gasteiger partial charge in [-0.15, -0.1) is 0 Å². The first kappa shape index (κ1) is 12.7. The highest BCUT2D eigenvalue weighted by Gasteiger charge is 2.06. The van der Waals surface area contributed by atoms with E-state index in [1.165, 1.54) is 0 Å². The Morgan fingerprint density at radius 1 is 1.31 bits per heavy atom. The molecule has 4 heteroatoms. The van der Waals surface area contributed by atoms with Gasteiger partial charge in [-0.2, -0.15) is 4.98 Å². The zero-order valence-electron chi connectivity index (χ0n) is 10.7. The number of aromatic nitrogens is 2. The monoisotopic (exact) mass is 222 g/mol. The Kier molecular flexibility index (Phi) is 5.02. The van der Waals surface area contributed by atoms with Gasteiger partial charge in [0.25, 0.3) is 0 Å². The lowest BCUT2D eigenvalue weighted by Crippen LogP contribution is -2.24. The van der Waals surface area contributed by atoms with Gasteiger partial charge in [0.2, 0.25) is 5.95 Å². The minimum absolute atomic E-state index is 0.409. The van der Waals surface area contributed by atoms with Gasteiger partial charge >= 0.3 is 0 Å². The summed E-state index contributed by atoms with van der Waals surface area (Å²) < 4.78 is 0. The highest BCUT2D eigenvalue weighted by atomic mass is 15.2. The molecule has 0 saturated carbocycles. The maximum Gasteiger partial charge on any atom is 0.224 e. The molecule has 4 nitrogen and oxygen atoms in total. The lowest BCUT2D eigenvalue weighted by molar-refractivity contribution is 0.750. The van der Waals surface area contributed by atoms with Gasteiger partial charge in [0.15, 0.2) is 0 Å². The summed E-state index contributed by atoms with van der Waals surface area (Å²) in [5.74, 6) is 1.71. The summed E-state index contributed by atoms with van der Waals surface area (Å²) in [6.45, 7) is 10.5. The Bertz CT molecular complexity index is 310. The Balaban J connectivity index is 2.77. The van der Waals surface area contributed by atoms with E-state index in [4.69, 9.17) is 0 Å². The Labute approximate surface area is 98.1 Å². The molecule has 1 unspecified atom stereocenters. The van der Waals surface area contributed by atoms with Gasteiger partial charge in [-0.1, -0.05) is 6.92 Å². The Morgan fingerprint density at radius 2 is 2.00 bits per heavy atom. The predicted molar refractivity (Wildman–Crippen MR) is 69.0 cm³/mol. The lowest BCUT2D eigenvalue weighted by Gasteiger charge is -2.20. The molecule has 0 amide bonds. The smallest absolute Gasteiger partial charge is 0.224 e. The van der Waals surface area contributed by atoms with Crippen molar-refractivity contribution in [2.24, 2.45) is 0 Å². The topological polar surface area (TPSA) is 41.1 Å². The normalized spacial score (nSPS) is 12.2. The average molecular weight is 222 g/mol. The van der Waals surface area contributed by atoms with Gasteiger partial charge in [0, 0.05) is 25.3 Å². The second-order valence-electron chi connectivity index (χ2n) is 3.86. The molecule has 1 atom stereocenters. The van der Waals surface area contributed by atoms with E-state index < -0.39 is 0 Å². The summed E-state index contributed by atoms with van der Waals surface area (Å²) in [4.78, 5) is 10.9. The van der Waals surface area contributed by atoms with Crippen molar-refractivity contribution in [1.29, 1.82) is 0 Å². The molecule has 0 aliphatic heterocycles. The fourth-order valence-corrected chi connectivity index (χ4v) is 1.46. The standard InChI is InChI=1S/C12H22N4/c1-5-10(4)14-12-13-9-8-11(15-12)16(6-2)7-3/h8-10H,5-7H2,1-4H3,(H,13,14,15). The van der Waals surface area contributed by atoms with Crippen LogP contribution in [0.2, 0.25) is 0 Å². The van der Waals surface area contributed by atoms with Crippen LogP contribution in [0.5, 0.6) is 0 Å². The molecular formula is C12H22N4. The molecule has 1 aromatic heterocycles. The maximum absolute atomic E-state index is 4.51. The minimum Gasteiger partial charge on any atom is -0.357 e. The molecule has 16 heavy (non-hydrogen) atoms. The van der Waals surface area contributed by atoms with Crippen molar-refractivity contribution in [2.75, 3.05) is 23.3 Å². The van der Waals surface area contributed by atoms with E-state index in [2.05, 4.69) is 47.9 Å². The highest BCUT2D eigenvalue weighted by Crippen LogP contribution is 2.12. The van der Waals surface area contributed by atoms with E-state index in [0.29, 0.717) is 6.04 Å². The Hall–Kier alpha value is -1.32. The van der Waals surface area contributed by atoms with E-state index in [0.717, 1.165) is 31.3 Å². The van der Waals surface area contributed by atoms with Crippen LogP contribution in [0.3, 0.4) is 0 Å². The number of rotatable bonds is 6. The van der Waals surface area contributed by atoms with Gasteiger partial charge in [-0.25, -0.2) is 4.98 Å². The largest absolute Gasteiger partial charge is 0.357 e. The van der Waals surface area contributed by atoms with Crippen LogP contribution in [-0.2, 0) is 0 Å². The molecule has 0 radical (unpaired) electrons. The summed E-state index contributed by atoms with van der Waals surface area (Å²) in [7, 11) is 0. The SMILES string of the molecule is CCC(C)Nc1nccc(N(CC)CC)n1. The molecule has 1 rings (SSSR count). The molecule has 0 aliphatic carbocycles. The van der Waals surface area contributed by atoms with E-state index >= 15 is 0 Å². The van der Waals surface area contributed by atoms with E-state index in [1.807, 2.05) is 12.3 Å². The predicted octanol–water partition coefficient (Wildman–Crippen LogP) is 2.53. The van der Waals surface area contributed by atoms with E-state index in [-0.39, 0.29) is 0 Å². The van der Waals surface area contributed by atoms with Gasteiger partial charge in [0.1, 0.15) is 5.82 Å². The molecule has 0 aromatic carbocycles. The van der Waals surface area contributed by atoms with Crippen LogP contribution in [0.1, 0.15) is 34.1 Å². The van der Waals surface area contributed by atoms with Gasteiger partial charge in [-0.05, 0) is 33.3 Å². The van der Waals surface area contributed by atoms with Gasteiger partial charge < -0.3 is 10.2 Å². The second kappa shape index (κ2) is 6.30. The van der Waals surface area contributed by atoms with Crippen molar-refractivity contribution in [3.63, 3.8) is 0 Å². The van der Waals surface area contributed by atoms with Crippen molar-refractivity contribution in [3.05, 3.63) is 12.3 Å². The number of hydrogen-bond acceptors (Lipinski definition) is 4. The fourth-order valence-electron chi connectivity index (χ4n) is 1.46. The first-order valence-electron chi connectivity index (χ1n) is 6.05. The number of hydrogen-bond donors (Lipinski definition) is 1. The summed E-state index contributed by atoms with van der Waals surface area (Å²) in [6, 6.07) is 2.36. The van der Waals surface area contributed by atoms with Crippen LogP contribution in [-0.4, -0.2) is 29.1 Å². The molecule has 0 aliphatic rings. The van der Waals surface area contributed by atoms with Crippen molar-refractivity contribution >= 4 is 11.8 Å². The molecule has 0 bridgehead atoms. The van der Waals surface area contributed by atoms with Crippen LogP contribution in [0.15, 0.2) is 12.3 Å². The molecule has 1 heterocycles. The summed E-state index contributed by atoms with van der Waals surface area (Å²) in [6.07, 6.45) is 2.88. The first-order valence-corrected chi connectivity index (χ1v) is 6.05. The van der Waals surface area contributed by atoms with Gasteiger partial charge in [-0.3, -0.25) is 0 Å². The van der Waals surface area contributed by atoms with Crippen molar-refractivity contribution in [3.8, 4) is 0 Å². The van der Waals surface area contributed by atoms with Crippen LogP contribution in [0.4, 0.5) is 11.8 Å². The zero-order valence-corrected chi connectivity index (χ0v) is 10.7. The molecule has 0 spiro atoms. The third-order valence-corrected chi connectivity index (χ3v) is 2.72. The van der Waals surface area contributed by atoms with Crippen molar-refractivity contribution < 1.29 is 0 Å². The number of nitrogens with zero attached hydrogens (tertiary/aromatic N) is 3. The molecular weight excluding hydrogens is 200 g/mol. The third kappa shape index (κ3) is 3.36.